The van der Waals surface area contributed by atoms with Gasteiger partial charge in [-0.15, -0.1) is 0 Å². The average Bonchev–Trinajstić information content (AvgIpc) is 2.88. The number of benzene rings is 1. The lowest BCUT2D eigenvalue weighted by molar-refractivity contribution is -0.116. The van der Waals surface area contributed by atoms with Crippen LogP contribution in [0.5, 0.6) is 0 Å². The summed E-state index contributed by atoms with van der Waals surface area (Å²) in [6, 6.07) is 6.34. The molecule has 1 aromatic heterocycles. The molecule has 1 aromatic carbocycles. The highest BCUT2D eigenvalue weighted by molar-refractivity contribution is 6.42. The first-order valence-electron chi connectivity index (χ1n) is 6.43. The molecule has 0 radical (unpaired) electrons. The number of halogens is 2. The maximum Gasteiger partial charge on any atom is 0.257 e. The second-order valence-electron chi connectivity index (χ2n) is 4.73. The van der Waals surface area contributed by atoms with Crippen molar-refractivity contribution in [3.63, 3.8) is 0 Å². The molecule has 0 aliphatic rings. The molecule has 7 heteroatoms. The molecule has 0 unspecified atom stereocenters. The van der Waals surface area contributed by atoms with Crippen LogP contribution in [-0.4, -0.2) is 30.3 Å². The molecular weight excluding hydrogens is 327 g/mol. The summed E-state index contributed by atoms with van der Waals surface area (Å²) < 4.78 is 5.09. The molecule has 2 aromatic rings. The Balaban J connectivity index is 1.98. The molecule has 0 aliphatic heterocycles. The van der Waals surface area contributed by atoms with Crippen molar-refractivity contribution >= 4 is 40.7 Å². The van der Waals surface area contributed by atoms with E-state index in [4.69, 9.17) is 27.6 Å². The van der Waals surface area contributed by atoms with Crippen molar-refractivity contribution in [2.24, 2.45) is 0 Å². The van der Waals surface area contributed by atoms with E-state index in [0.717, 1.165) is 0 Å². The third-order valence-electron chi connectivity index (χ3n) is 3.02. The lowest BCUT2D eigenvalue weighted by atomic mass is 10.2. The Morgan fingerprint density at radius 1 is 1.23 bits per heavy atom. The fourth-order valence-corrected chi connectivity index (χ4v) is 2.17. The number of anilines is 1. The van der Waals surface area contributed by atoms with E-state index in [0.29, 0.717) is 27.1 Å². The zero-order chi connectivity index (χ0) is 16.3. The van der Waals surface area contributed by atoms with Crippen LogP contribution in [-0.2, 0) is 4.79 Å². The van der Waals surface area contributed by atoms with Crippen LogP contribution >= 0.6 is 23.2 Å². The summed E-state index contributed by atoms with van der Waals surface area (Å²) in [6.07, 6.45) is 1.44. The van der Waals surface area contributed by atoms with Gasteiger partial charge < -0.3 is 14.6 Å². The number of likely N-dealkylation sites (N-methyl/N-ethyl adjacent to an activating group) is 1. The van der Waals surface area contributed by atoms with E-state index in [9.17, 15) is 9.59 Å². The first-order valence-corrected chi connectivity index (χ1v) is 7.18. The lowest BCUT2D eigenvalue weighted by Gasteiger charge is -2.16. The summed E-state index contributed by atoms with van der Waals surface area (Å²) >= 11 is 11.7. The number of furan rings is 1. The van der Waals surface area contributed by atoms with Gasteiger partial charge in [-0.05, 0) is 31.2 Å². The number of nitrogens with zero attached hydrogens (tertiary/aromatic N) is 1. The minimum atomic E-state index is -0.338. The van der Waals surface area contributed by atoms with Gasteiger partial charge in [0.2, 0.25) is 5.91 Å². The summed E-state index contributed by atoms with van der Waals surface area (Å²) in [5, 5.41) is 3.41. The van der Waals surface area contributed by atoms with Crippen LogP contribution in [0, 0.1) is 6.92 Å². The van der Waals surface area contributed by atoms with E-state index in [1.54, 1.807) is 38.2 Å². The predicted molar refractivity (Wildman–Crippen MR) is 85.5 cm³/mol. The zero-order valence-electron chi connectivity index (χ0n) is 12.0. The van der Waals surface area contributed by atoms with Crippen molar-refractivity contribution in [3.05, 3.63) is 51.9 Å². The number of aryl methyl sites for hydroxylation is 1. The maximum absolute atomic E-state index is 12.2. The van der Waals surface area contributed by atoms with Crippen LogP contribution < -0.4 is 5.32 Å². The Labute approximate surface area is 137 Å². The maximum atomic E-state index is 12.2. The number of hydrogen-bond acceptors (Lipinski definition) is 3. The highest BCUT2D eigenvalue weighted by Gasteiger charge is 2.18. The fraction of sp³-hybridized carbons (Fsp3) is 0.200. The third-order valence-corrected chi connectivity index (χ3v) is 3.76. The van der Waals surface area contributed by atoms with Crippen LogP contribution in [0.1, 0.15) is 16.1 Å². The molecule has 1 N–H and O–H groups in total. The lowest BCUT2D eigenvalue weighted by Crippen LogP contribution is -2.35. The van der Waals surface area contributed by atoms with Crippen LogP contribution in [0.15, 0.2) is 34.9 Å². The molecular formula is C15H14Cl2N2O3. The summed E-state index contributed by atoms with van der Waals surface area (Å²) in [4.78, 5) is 25.4. The van der Waals surface area contributed by atoms with Crippen molar-refractivity contribution in [3.8, 4) is 0 Å². The van der Waals surface area contributed by atoms with E-state index in [1.807, 2.05) is 0 Å². The molecule has 0 bridgehead atoms. The molecule has 2 rings (SSSR count). The van der Waals surface area contributed by atoms with Gasteiger partial charge in [-0.25, -0.2) is 0 Å². The smallest absolute Gasteiger partial charge is 0.257 e. The van der Waals surface area contributed by atoms with Gasteiger partial charge in [-0.2, -0.15) is 0 Å². The first kappa shape index (κ1) is 16.4. The monoisotopic (exact) mass is 340 g/mol. The number of carbonyl (C=O) groups excluding carboxylic acids is 2. The Morgan fingerprint density at radius 3 is 2.55 bits per heavy atom. The summed E-state index contributed by atoms with van der Waals surface area (Å²) in [6.45, 7) is 1.60. The molecule has 2 amide bonds. The standard InChI is InChI=1S/C15H14Cl2N2O3/c1-9-11(5-6-22-9)15(21)19(2)8-14(20)18-10-3-4-12(16)13(17)7-10/h3-7H,8H2,1-2H3,(H,18,20). The van der Waals surface area contributed by atoms with E-state index in [-0.39, 0.29) is 18.4 Å². The highest BCUT2D eigenvalue weighted by atomic mass is 35.5. The molecule has 22 heavy (non-hydrogen) atoms. The van der Waals surface area contributed by atoms with Gasteiger partial charge in [0.25, 0.3) is 5.91 Å². The number of hydrogen-bond donors (Lipinski definition) is 1. The van der Waals surface area contributed by atoms with Crippen LogP contribution in [0.2, 0.25) is 10.0 Å². The number of rotatable bonds is 4. The topological polar surface area (TPSA) is 62.6 Å². The second kappa shape index (κ2) is 6.85. The largest absolute Gasteiger partial charge is 0.469 e. The molecule has 0 saturated carbocycles. The van der Waals surface area contributed by atoms with Crippen molar-refractivity contribution in [2.75, 3.05) is 18.9 Å². The quantitative estimate of drug-likeness (QED) is 0.924. The van der Waals surface area contributed by atoms with E-state index < -0.39 is 0 Å². The molecule has 0 spiro atoms. The summed E-state index contributed by atoms with van der Waals surface area (Å²) in [5.41, 5.74) is 0.949. The van der Waals surface area contributed by atoms with Crippen LogP contribution in [0.25, 0.3) is 0 Å². The molecule has 5 nitrogen and oxygen atoms in total. The fourth-order valence-electron chi connectivity index (χ4n) is 1.87. The number of nitrogens with one attached hydrogen (secondary N) is 1. The molecule has 1 heterocycles. The summed E-state index contributed by atoms with van der Waals surface area (Å²) in [5.74, 6) is -0.104. The second-order valence-corrected chi connectivity index (χ2v) is 5.54. The predicted octanol–water partition coefficient (Wildman–Crippen LogP) is 3.61. The Kier molecular flexibility index (Phi) is 5.11. The van der Waals surface area contributed by atoms with Crippen molar-refractivity contribution in [1.82, 2.24) is 4.90 Å². The normalized spacial score (nSPS) is 10.4. The van der Waals surface area contributed by atoms with Crippen molar-refractivity contribution in [1.29, 1.82) is 0 Å². The summed E-state index contributed by atoms with van der Waals surface area (Å²) in [7, 11) is 1.54. The molecule has 0 aliphatic carbocycles. The Hall–Kier alpha value is -1.98. The third kappa shape index (κ3) is 3.81. The average molecular weight is 341 g/mol. The Morgan fingerprint density at radius 2 is 1.95 bits per heavy atom. The molecule has 116 valence electrons. The van der Waals surface area contributed by atoms with Crippen LogP contribution in [0.3, 0.4) is 0 Å². The van der Waals surface area contributed by atoms with Crippen molar-refractivity contribution < 1.29 is 14.0 Å². The van der Waals surface area contributed by atoms with Crippen LogP contribution in [0.4, 0.5) is 5.69 Å². The number of amides is 2. The van der Waals surface area contributed by atoms with Crippen molar-refractivity contribution in [2.45, 2.75) is 6.92 Å². The van der Waals surface area contributed by atoms with Gasteiger partial charge in [-0.1, -0.05) is 23.2 Å². The van der Waals surface area contributed by atoms with Gasteiger partial charge in [0.05, 0.1) is 28.4 Å². The van der Waals surface area contributed by atoms with Gasteiger partial charge in [0.15, 0.2) is 0 Å². The van der Waals surface area contributed by atoms with E-state index in [2.05, 4.69) is 5.32 Å². The van der Waals surface area contributed by atoms with Gasteiger partial charge in [0.1, 0.15) is 5.76 Å². The first-order chi connectivity index (χ1) is 10.4. The van der Waals surface area contributed by atoms with Gasteiger partial charge in [0, 0.05) is 12.7 Å². The Bertz CT molecular complexity index is 713. The molecule has 0 fully saturated rings. The minimum absolute atomic E-state index is 0.0936. The van der Waals surface area contributed by atoms with E-state index >= 15 is 0 Å². The van der Waals surface area contributed by atoms with Gasteiger partial charge in [-0.3, -0.25) is 9.59 Å². The zero-order valence-corrected chi connectivity index (χ0v) is 13.5. The SMILES string of the molecule is Cc1occc1C(=O)N(C)CC(=O)Nc1ccc(Cl)c(Cl)c1. The van der Waals surface area contributed by atoms with Gasteiger partial charge >= 0.3 is 0 Å². The minimum Gasteiger partial charge on any atom is -0.469 e. The highest BCUT2D eigenvalue weighted by Crippen LogP contribution is 2.24. The molecule has 0 saturated heterocycles. The number of carbonyl (C=O) groups is 2. The molecule has 0 atom stereocenters. The van der Waals surface area contributed by atoms with E-state index in [1.165, 1.54) is 11.2 Å².